The third kappa shape index (κ3) is 8.71. The van der Waals surface area contributed by atoms with Gasteiger partial charge in [-0.2, -0.15) is 0 Å². The first kappa shape index (κ1) is 30.9. The molecule has 3 aromatic rings. The number of halogens is 1. The van der Waals surface area contributed by atoms with Crippen LogP contribution in [-0.2, 0) is 0 Å². The SMILES string of the molecule is NC(=O)c1cc(C#CCCN(O)C(N)=O)ccc1OCCCN1CCN([C@H](c2ccccc2)c2ccc(Cl)cc2)CC1. The molecule has 0 spiro atoms. The van der Waals surface area contributed by atoms with Gasteiger partial charge in [-0.1, -0.05) is 65.9 Å². The molecule has 1 fully saturated rings. The van der Waals surface area contributed by atoms with Crippen molar-refractivity contribution in [3.8, 4) is 17.6 Å². The number of benzene rings is 3. The van der Waals surface area contributed by atoms with Crippen molar-refractivity contribution in [3.63, 3.8) is 0 Å². The molecule has 0 saturated carbocycles. The number of hydrogen-bond donors (Lipinski definition) is 3. The van der Waals surface area contributed by atoms with Gasteiger partial charge >= 0.3 is 6.03 Å². The second-order valence-corrected chi connectivity index (χ2v) is 10.5. The number of hydroxylamine groups is 2. The third-order valence-electron chi connectivity index (χ3n) is 7.13. The molecule has 0 unspecified atom stereocenters. The van der Waals surface area contributed by atoms with Crippen molar-refractivity contribution in [1.82, 2.24) is 14.9 Å². The summed E-state index contributed by atoms with van der Waals surface area (Å²) in [5.74, 6) is 5.53. The van der Waals surface area contributed by atoms with E-state index in [9.17, 15) is 14.8 Å². The number of ether oxygens (including phenoxy) is 1. The monoisotopic (exact) mass is 589 g/mol. The summed E-state index contributed by atoms with van der Waals surface area (Å²) in [5.41, 5.74) is 13.9. The van der Waals surface area contributed by atoms with E-state index >= 15 is 0 Å². The maximum Gasteiger partial charge on any atom is 0.338 e. The summed E-state index contributed by atoms with van der Waals surface area (Å²) in [6, 6.07) is 22.9. The number of amides is 3. The van der Waals surface area contributed by atoms with Crippen molar-refractivity contribution in [2.75, 3.05) is 45.9 Å². The van der Waals surface area contributed by atoms with Gasteiger partial charge in [0.25, 0.3) is 5.91 Å². The van der Waals surface area contributed by atoms with Crippen LogP contribution in [0.25, 0.3) is 0 Å². The summed E-state index contributed by atoms with van der Waals surface area (Å²) in [7, 11) is 0. The van der Waals surface area contributed by atoms with Gasteiger partial charge in [0.2, 0.25) is 0 Å². The van der Waals surface area contributed by atoms with Crippen LogP contribution >= 0.6 is 11.6 Å². The molecule has 4 rings (SSSR count). The van der Waals surface area contributed by atoms with Gasteiger partial charge in [-0.3, -0.25) is 14.9 Å². The van der Waals surface area contributed by atoms with E-state index in [4.69, 9.17) is 27.8 Å². The molecule has 1 heterocycles. The largest absolute Gasteiger partial charge is 0.493 e. The Kier molecular flexibility index (Phi) is 11.2. The Labute approximate surface area is 251 Å². The lowest BCUT2D eigenvalue weighted by Crippen LogP contribution is -2.48. The highest BCUT2D eigenvalue weighted by Crippen LogP contribution is 2.30. The minimum Gasteiger partial charge on any atom is -0.493 e. The number of urea groups is 1. The van der Waals surface area contributed by atoms with Gasteiger partial charge in [0.1, 0.15) is 5.75 Å². The molecule has 0 bridgehead atoms. The minimum absolute atomic E-state index is 0.0167. The van der Waals surface area contributed by atoms with E-state index in [1.165, 1.54) is 11.1 Å². The van der Waals surface area contributed by atoms with E-state index in [1.54, 1.807) is 18.2 Å². The number of hydrogen-bond acceptors (Lipinski definition) is 6. The van der Waals surface area contributed by atoms with E-state index in [0.29, 0.717) is 23.0 Å². The predicted molar refractivity (Wildman–Crippen MR) is 162 cm³/mol. The number of carbonyl (C=O) groups excluding carboxylic acids is 2. The van der Waals surface area contributed by atoms with Gasteiger partial charge in [0.15, 0.2) is 0 Å². The average Bonchev–Trinajstić information content (AvgIpc) is 3.00. The highest BCUT2D eigenvalue weighted by Gasteiger charge is 2.26. The zero-order chi connectivity index (χ0) is 29.9. The van der Waals surface area contributed by atoms with Crippen molar-refractivity contribution in [2.45, 2.75) is 18.9 Å². The van der Waals surface area contributed by atoms with Crippen LogP contribution in [0.1, 0.15) is 45.9 Å². The number of carbonyl (C=O) groups is 2. The van der Waals surface area contributed by atoms with Gasteiger partial charge in [-0.25, -0.2) is 9.86 Å². The highest BCUT2D eigenvalue weighted by atomic mass is 35.5. The van der Waals surface area contributed by atoms with Crippen LogP contribution in [0.2, 0.25) is 5.02 Å². The number of rotatable bonds is 11. The number of primary amides is 2. The Morgan fingerprint density at radius 2 is 1.67 bits per heavy atom. The molecule has 5 N–H and O–H groups in total. The van der Waals surface area contributed by atoms with E-state index in [1.807, 2.05) is 18.2 Å². The highest BCUT2D eigenvalue weighted by molar-refractivity contribution is 6.30. The van der Waals surface area contributed by atoms with Crippen LogP contribution < -0.4 is 16.2 Å². The van der Waals surface area contributed by atoms with Crippen molar-refractivity contribution < 1.29 is 19.5 Å². The van der Waals surface area contributed by atoms with Crippen LogP contribution in [0.3, 0.4) is 0 Å². The zero-order valence-electron chi connectivity index (χ0n) is 23.4. The molecular formula is C32H36ClN5O4. The lowest BCUT2D eigenvalue weighted by molar-refractivity contribution is -0.0372. The summed E-state index contributed by atoms with van der Waals surface area (Å²) in [5, 5.41) is 10.4. The molecule has 10 heteroatoms. The summed E-state index contributed by atoms with van der Waals surface area (Å²) < 4.78 is 5.92. The van der Waals surface area contributed by atoms with Gasteiger partial charge < -0.3 is 21.1 Å². The van der Waals surface area contributed by atoms with Crippen molar-refractivity contribution >= 4 is 23.5 Å². The summed E-state index contributed by atoms with van der Waals surface area (Å²) in [6.07, 6.45) is 1.02. The van der Waals surface area contributed by atoms with Crippen LogP contribution in [0.5, 0.6) is 5.75 Å². The second kappa shape index (κ2) is 15.2. The lowest BCUT2D eigenvalue weighted by atomic mass is 9.96. The predicted octanol–water partition coefficient (Wildman–Crippen LogP) is 4.13. The number of nitrogens with zero attached hydrogens (tertiary/aromatic N) is 3. The van der Waals surface area contributed by atoms with E-state index in [2.05, 4.69) is 58.0 Å². The first-order chi connectivity index (χ1) is 20.3. The minimum atomic E-state index is -0.942. The van der Waals surface area contributed by atoms with Crippen molar-refractivity contribution in [2.24, 2.45) is 11.5 Å². The van der Waals surface area contributed by atoms with Crippen molar-refractivity contribution in [1.29, 1.82) is 0 Å². The molecule has 0 aromatic heterocycles. The van der Waals surface area contributed by atoms with Crippen LogP contribution in [-0.4, -0.2) is 77.9 Å². The molecule has 0 radical (unpaired) electrons. The molecule has 3 aromatic carbocycles. The van der Waals surface area contributed by atoms with E-state index in [-0.39, 0.29) is 24.6 Å². The van der Waals surface area contributed by atoms with Gasteiger partial charge in [0.05, 0.1) is 24.8 Å². The Bertz CT molecular complexity index is 1400. The topological polar surface area (TPSA) is 125 Å². The Balaban J connectivity index is 1.27. The molecular weight excluding hydrogens is 554 g/mol. The fraction of sp³-hybridized carbons (Fsp3) is 0.312. The first-order valence-electron chi connectivity index (χ1n) is 13.9. The quantitative estimate of drug-likeness (QED) is 0.134. The lowest BCUT2D eigenvalue weighted by Gasteiger charge is -2.39. The average molecular weight is 590 g/mol. The number of piperazine rings is 1. The summed E-state index contributed by atoms with van der Waals surface area (Å²) >= 11 is 6.16. The Morgan fingerprint density at radius 1 is 0.976 bits per heavy atom. The molecule has 42 heavy (non-hydrogen) atoms. The maximum absolute atomic E-state index is 12.0. The van der Waals surface area contributed by atoms with Gasteiger partial charge in [-0.15, -0.1) is 0 Å². The molecule has 1 saturated heterocycles. The molecule has 1 aliphatic heterocycles. The fourth-order valence-corrected chi connectivity index (χ4v) is 5.10. The third-order valence-corrected chi connectivity index (χ3v) is 7.38. The smallest absolute Gasteiger partial charge is 0.338 e. The Hall–Kier alpha value is -4.07. The van der Waals surface area contributed by atoms with Crippen LogP contribution in [0, 0.1) is 11.8 Å². The van der Waals surface area contributed by atoms with Crippen LogP contribution in [0.4, 0.5) is 4.79 Å². The van der Waals surface area contributed by atoms with E-state index in [0.717, 1.165) is 44.2 Å². The summed E-state index contributed by atoms with van der Waals surface area (Å²) in [6.45, 7) is 5.09. The van der Waals surface area contributed by atoms with E-state index < -0.39 is 11.9 Å². The Morgan fingerprint density at radius 3 is 2.33 bits per heavy atom. The molecule has 9 nitrogen and oxygen atoms in total. The van der Waals surface area contributed by atoms with Gasteiger partial charge in [0, 0.05) is 49.7 Å². The molecule has 1 atom stereocenters. The van der Waals surface area contributed by atoms with Gasteiger partial charge in [-0.05, 0) is 47.9 Å². The zero-order valence-corrected chi connectivity index (χ0v) is 24.2. The molecule has 220 valence electrons. The molecule has 3 amide bonds. The fourth-order valence-electron chi connectivity index (χ4n) is 4.97. The molecule has 1 aliphatic rings. The maximum atomic E-state index is 12.0. The standard InChI is InChI=1S/C32H36ClN5O4/c33-27-13-11-26(12-14-27)30(25-8-2-1-3-9-25)37-20-18-36(19-21-37)16-6-22-42-29-15-10-24(23-28(29)31(34)39)7-4-5-17-38(41)32(35)40/h1-3,8-15,23,30,41H,5-6,16-22H2,(H2,34,39)(H2,35,40)/t30-/m1/s1. The number of nitrogens with two attached hydrogens (primary N) is 2. The first-order valence-corrected chi connectivity index (χ1v) is 14.3. The van der Waals surface area contributed by atoms with Crippen molar-refractivity contribution in [3.05, 3.63) is 100 Å². The normalized spacial score (nSPS) is 14.4. The second-order valence-electron chi connectivity index (χ2n) is 10.0. The summed E-state index contributed by atoms with van der Waals surface area (Å²) in [4.78, 5) is 27.8. The molecule has 0 aliphatic carbocycles. The van der Waals surface area contributed by atoms with Crippen LogP contribution in [0.15, 0.2) is 72.8 Å².